The van der Waals surface area contributed by atoms with E-state index in [1.165, 1.54) is 18.5 Å². The number of aromatic amines is 1. The smallest absolute Gasteiger partial charge is 0.272 e. The number of aromatic nitrogens is 5. The Morgan fingerprint density at radius 1 is 1.17 bits per heavy atom. The molecule has 0 aliphatic rings. The molecule has 2 N–H and O–H groups in total. The SMILES string of the molecule is O=C(NCc1ccccc1-n1cncn1)c1cc(COc2cccc(F)c2)[nH]n1. The van der Waals surface area contributed by atoms with Crippen LogP contribution in [0.2, 0.25) is 0 Å². The Labute approximate surface area is 165 Å². The van der Waals surface area contributed by atoms with E-state index in [0.29, 0.717) is 18.0 Å². The van der Waals surface area contributed by atoms with Crippen molar-refractivity contribution < 1.29 is 13.9 Å². The lowest BCUT2D eigenvalue weighted by Crippen LogP contribution is -2.24. The lowest BCUT2D eigenvalue weighted by molar-refractivity contribution is 0.0946. The van der Waals surface area contributed by atoms with Gasteiger partial charge in [-0.1, -0.05) is 24.3 Å². The Morgan fingerprint density at radius 3 is 2.90 bits per heavy atom. The van der Waals surface area contributed by atoms with Gasteiger partial charge in [-0.25, -0.2) is 14.1 Å². The first-order valence-electron chi connectivity index (χ1n) is 8.83. The highest BCUT2D eigenvalue weighted by atomic mass is 19.1. The van der Waals surface area contributed by atoms with E-state index in [1.807, 2.05) is 24.3 Å². The molecule has 146 valence electrons. The summed E-state index contributed by atoms with van der Waals surface area (Å²) in [6.45, 7) is 0.440. The van der Waals surface area contributed by atoms with Gasteiger partial charge in [0.15, 0.2) is 0 Å². The lowest BCUT2D eigenvalue weighted by Gasteiger charge is -2.09. The second kappa shape index (κ2) is 8.34. The van der Waals surface area contributed by atoms with Crippen molar-refractivity contribution in [1.82, 2.24) is 30.3 Å². The average Bonchev–Trinajstić information content (AvgIpc) is 3.43. The van der Waals surface area contributed by atoms with Gasteiger partial charge in [0.1, 0.15) is 36.5 Å². The van der Waals surface area contributed by atoms with E-state index in [2.05, 4.69) is 25.6 Å². The number of ether oxygens (including phenoxy) is 1. The summed E-state index contributed by atoms with van der Waals surface area (Å²) in [5, 5.41) is 13.7. The maximum Gasteiger partial charge on any atom is 0.272 e. The van der Waals surface area contributed by atoms with Crippen molar-refractivity contribution in [1.29, 1.82) is 0 Å². The number of halogens is 1. The molecule has 4 aromatic rings. The molecule has 0 bridgehead atoms. The van der Waals surface area contributed by atoms with Crippen LogP contribution in [0.1, 0.15) is 21.7 Å². The Bertz CT molecular complexity index is 1110. The third-order valence-corrected chi connectivity index (χ3v) is 4.15. The van der Waals surface area contributed by atoms with Crippen molar-refractivity contribution in [3.05, 3.63) is 90.0 Å². The summed E-state index contributed by atoms with van der Waals surface area (Å²) in [4.78, 5) is 16.4. The summed E-state index contributed by atoms with van der Waals surface area (Å²) in [6.07, 6.45) is 3.05. The first-order chi connectivity index (χ1) is 14.2. The molecule has 2 aromatic carbocycles. The molecule has 2 aromatic heterocycles. The molecule has 0 unspecified atom stereocenters. The zero-order valence-corrected chi connectivity index (χ0v) is 15.2. The normalized spacial score (nSPS) is 10.7. The number of H-pyrrole nitrogens is 1. The second-order valence-electron chi connectivity index (χ2n) is 6.18. The molecule has 9 heteroatoms. The predicted octanol–water partition coefficient (Wildman–Crippen LogP) is 2.64. The van der Waals surface area contributed by atoms with Gasteiger partial charge in [0.25, 0.3) is 5.91 Å². The molecule has 0 spiro atoms. The number of hydrogen-bond donors (Lipinski definition) is 2. The van der Waals surface area contributed by atoms with Crippen LogP contribution in [-0.4, -0.2) is 30.9 Å². The van der Waals surface area contributed by atoms with Gasteiger partial charge in [-0.2, -0.15) is 10.2 Å². The van der Waals surface area contributed by atoms with Crippen LogP contribution in [0.25, 0.3) is 5.69 Å². The number of carbonyl (C=O) groups is 1. The Hall–Kier alpha value is -4.01. The van der Waals surface area contributed by atoms with Crippen LogP contribution in [-0.2, 0) is 13.2 Å². The number of rotatable bonds is 7. The minimum atomic E-state index is -0.377. The molecule has 0 atom stereocenters. The van der Waals surface area contributed by atoms with Crippen LogP contribution in [0, 0.1) is 5.82 Å². The molecule has 29 heavy (non-hydrogen) atoms. The number of para-hydroxylation sites is 1. The molecule has 2 heterocycles. The van der Waals surface area contributed by atoms with Gasteiger partial charge in [-0.05, 0) is 29.8 Å². The Morgan fingerprint density at radius 2 is 2.07 bits per heavy atom. The van der Waals surface area contributed by atoms with Gasteiger partial charge in [-0.15, -0.1) is 0 Å². The topological polar surface area (TPSA) is 97.7 Å². The molecule has 0 aliphatic carbocycles. The molecule has 4 rings (SSSR count). The van der Waals surface area contributed by atoms with E-state index >= 15 is 0 Å². The van der Waals surface area contributed by atoms with Crippen LogP contribution in [0.15, 0.2) is 67.3 Å². The van der Waals surface area contributed by atoms with Crippen LogP contribution in [0.3, 0.4) is 0 Å². The monoisotopic (exact) mass is 392 g/mol. The number of nitrogens with one attached hydrogen (secondary N) is 2. The quantitative estimate of drug-likeness (QED) is 0.504. The van der Waals surface area contributed by atoms with Crippen LogP contribution < -0.4 is 10.1 Å². The lowest BCUT2D eigenvalue weighted by atomic mass is 10.1. The highest BCUT2D eigenvalue weighted by molar-refractivity contribution is 5.92. The molecule has 0 saturated carbocycles. The first-order valence-corrected chi connectivity index (χ1v) is 8.83. The van der Waals surface area contributed by atoms with E-state index in [-0.39, 0.29) is 24.0 Å². The maximum absolute atomic E-state index is 13.2. The number of amides is 1. The summed E-state index contributed by atoms with van der Waals surface area (Å²) < 4.78 is 20.3. The van der Waals surface area contributed by atoms with Crippen LogP contribution >= 0.6 is 0 Å². The fourth-order valence-electron chi connectivity index (χ4n) is 2.75. The van der Waals surface area contributed by atoms with Gasteiger partial charge in [0.2, 0.25) is 0 Å². The molecule has 0 fully saturated rings. The van der Waals surface area contributed by atoms with Crippen molar-refractivity contribution in [2.45, 2.75) is 13.2 Å². The molecular formula is C20H17FN6O2. The fourth-order valence-corrected chi connectivity index (χ4v) is 2.75. The summed E-state index contributed by atoms with van der Waals surface area (Å²) in [5.74, 6) is -0.305. The average molecular weight is 392 g/mol. The minimum absolute atomic E-state index is 0.138. The zero-order valence-electron chi connectivity index (χ0n) is 15.2. The van der Waals surface area contributed by atoms with E-state index in [1.54, 1.807) is 29.2 Å². The molecule has 0 radical (unpaired) electrons. The van der Waals surface area contributed by atoms with E-state index in [0.717, 1.165) is 11.3 Å². The van der Waals surface area contributed by atoms with Gasteiger partial charge in [-0.3, -0.25) is 9.89 Å². The molecule has 0 aliphatic heterocycles. The number of carbonyl (C=O) groups excluding carboxylic acids is 1. The van der Waals surface area contributed by atoms with Crippen molar-refractivity contribution in [2.24, 2.45) is 0 Å². The van der Waals surface area contributed by atoms with Crippen LogP contribution in [0.4, 0.5) is 4.39 Å². The van der Waals surface area contributed by atoms with E-state index in [4.69, 9.17) is 4.74 Å². The Balaban J connectivity index is 1.37. The van der Waals surface area contributed by atoms with Crippen LogP contribution in [0.5, 0.6) is 5.75 Å². The van der Waals surface area contributed by atoms with E-state index < -0.39 is 0 Å². The van der Waals surface area contributed by atoms with Gasteiger partial charge >= 0.3 is 0 Å². The highest BCUT2D eigenvalue weighted by Gasteiger charge is 2.12. The maximum atomic E-state index is 13.2. The minimum Gasteiger partial charge on any atom is -0.487 e. The molecule has 8 nitrogen and oxygen atoms in total. The Kier molecular flexibility index (Phi) is 5.28. The summed E-state index contributed by atoms with van der Waals surface area (Å²) in [5.41, 5.74) is 2.55. The predicted molar refractivity (Wildman–Crippen MR) is 102 cm³/mol. The molecule has 1 amide bonds. The van der Waals surface area contributed by atoms with Crippen molar-refractivity contribution in [2.75, 3.05) is 0 Å². The van der Waals surface area contributed by atoms with Crippen molar-refractivity contribution in [3.63, 3.8) is 0 Å². The molecular weight excluding hydrogens is 375 g/mol. The summed E-state index contributed by atoms with van der Waals surface area (Å²) >= 11 is 0. The first kappa shape index (κ1) is 18.4. The zero-order chi connectivity index (χ0) is 20.1. The summed E-state index contributed by atoms with van der Waals surface area (Å²) in [6, 6.07) is 15.0. The van der Waals surface area contributed by atoms with Gasteiger partial charge in [0, 0.05) is 12.6 Å². The number of benzene rings is 2. The molecule has 0 saturated heterocycles. The third-order valence-electron chi connectivity index (χ3n) is 4.15. The van der Waals surface area contributed by atoms with Crippen molar-refractivity contribution >= 4 is 5.91 Å². The number of hydrogen-bond acceptors (Lipinski definition) is 5. The van der Waals surface area contributed by atoms with E-state index in [9.17, 15) is 9.18 Å². The number of nitrogens with zero attached hydrogens (tertiary/aromatic N) is 4. The third kappa shape index (κ3) is 4.46. The largest absolute Gasteiger partial charge is 0.487 e. The second-order valence-corrected chi connectivity index (χ2v) is 6.18. The summed E-state index contributed by atoms with van der Waals surface area (Å²) in [7, 11) is 0. The van der Waals surface area contributed by atoms with Gasteiger partial charge in [0.05, 0.1) is 11.4 Å². The standard InChI is InChI=1S/C20H17FN6O2/c21-15-5-3-6-17(8-15)29-11-16-9-18(26-25-16)20(28)23-10-14-4-1-2-7-19(14)27-13-22-12-24-27/h1-9,12-13H,10-11H2,(H,23,28)(H,25,26). The highest BCUT2D eigenvalue weighted by Crippen LogP contribution is 2.15. The van der Waals surface area contributed by atoms with Gasteiger partial charge < -0.3 is 10.1 Å². The van der Waals surface area contributed by atoms with Crippen molar-refractivity contribution in [3.8, 4) is 11.4 Å². The fraction of sp³-hybridized carbons (Fsp3) is 0.100.